The fourth-order valence-corrected chi connectivity index (χ4v) is 1.45. The first-order valence-electron chi connectivity index (χ1n) is 6.11. The summed E-state index contributed by atoms with van der Waals surface area (Å²) in [6.45, 7) is 1.58. The van der Waals surface area contributed by atoms with E-state index in [0.29, 0.717) is 12.2 Å². The Morgan fingerprint density at radius 2 is 1.80 bits per heavy atom. The SMILES string of the molecule is CN(C)CCNCC(=O)Nc1ccc(C(F)(F)F)cc1. The molecule has 112 valence electrons. The van der Waals surface area contributed by atoms with E-state index in [1.54, 1.807) is 0 Å². The Morgan fingerprint density at radius 3 is 2.30 bits per heavy atom. The van der Waals surface area contributed by atoms with E-state index in [1.807, 2.05) is 19.0 Å². The third-order valence-corrected chi connectivity index (χ3v) is 2.52. The van der Waals surface area contributed by atoms with Crippen LogP contribution < -0.4 is 10.6 Å². The smallest absolute Gasteiger partial charge is 0.325 e. The number of alkyl halides is 3. The van der Waals surface area contributed by atoms with Crippen molar-refractivity contribution in [2.75, 3.05) is 39.0 Å². The third-order valence-electron chi connectivity index (χ3n) is 2.52. The molecule has 0 aliphatic heterocycles. The topological polar surface area (TPSA) is 44.4 Å². The number of likely N-dealkylation sites (N-methyl/N-ethyl adjacent to an activating group) is 1. The zero-order valence-electron chi connectivity index (χ0n) is 11.4. The van der Waals surface area contributed by atoms with Crippen molar-refractivity contribution in [1.82, 2.24) is 10.2 Å². The summed E-state index contributed by atoms with van der Waals surface area (Å²) in [5.41, 5.74) is -0.392. The molecule has 1 aromatic rings. The molecule has 0 aromatic heterocycles. The van der Waals surface area contributed by atoms with Gasteiger partial charge in [-0.1, -0.05) is 0 Å². The van der Waals surface area contributed by atoms with Gasteiger partial charge in [-0.15, -0.1) is 0 Å². The van der Waals surface area contributed by atoms with Gasteiger partial charge in [0.25, 0.3) is 0 Å². The minimum absolute atomic E-state index is 0.120. The molecule has 20 heavy (non-hydrogen) atoms. The highest BCUT2D eigenvalue weighted by Crippen LogP contribution is 2.29. The maximum absolute atomic E-state index is 12.4. The molecule has 0 unspecified atom stereocenters. The van der Waals surface area contributed by atoms with Crippen molar-refractivity contribution in [2.24, 2.45) is 0 Å². The minimum Gasteiger partial charge on any atom is -0.325 e. The first-order chi connectivity index (χ1) is 9.29. The van der Waals surface area contributed by atoms with Crippen LogP contribution in [0, 0.1) is 0 Å². The summed E-state index contributed by atoms with van der Waals surface area (Å²) < 4.78 is 37.1. The quantitative estimate of drug-likeness (QED) is 0.785. The predicted molar refractivity (Wildman–Crippen MR) is 71.5 cm³/mol. The number of halogens is 3. The normalized spacial score (nSPS) is 11.7. The lowest BCUT2D eigenvalue weighted by atomic mass is 10.2. The number of amides is 1. The lowest BCUT2D eigenvalue weighted by Crippen LogP contribution is -2.33. The Balaban J connectivity index is 2.39. The Kier molecular flexibility index (Phi) is 5.97. The first-order valence-corrected chi connectivity index (χ1v) is 6.11. The molecular formula is C13H18F3N3O. The van der Waals surface area contributed by atoms with Crippen molar-refractivity contribution in [3.63, 3.8) is 0 Å². The summed E-state index contributed by atoms with van der Waals surface area (Å²) in [5, 5.41) is 5.46. The van der Waals surface area contributed by atoms with Gasteiger partial charge in [0.2, 0.25) is 5.91 Å². The summed E-state index contributed by atoms with van der Waals surface area (Å²) in [4.78, 5) is 13.5. The van der Waals surface area contributed by atoms with Gasteiger partial charge in [-0.25, -0.2) is 0 Å². The fourth-order valence-electron chi connectivity index (χ4n) is 1.45. The number of rotatable bonds is 6. The van der Waals surface area contributed by atoms with E-state index < -0.39 is 11.7 Å². The molecule has 1 aromatic carbocycles. The van der Waals surface area contributed by atoms with Crippen molar-refractivity contribution < 1.29 is 18.0 Å². The van der Waals surface area contributed by atoms with Crippen molar-refractivity contribution in [1.29, 1.82) is 0 Å². The average Bonchev–Trinajstić information content (AvgIpc) is 2.34. The van der Waals surface area contributed by atoms with Crippen LogP contribution in [0.25, 0.3) is 0 Å². The lowest BCUT2D eigenvalue weighted by molar-refractivity contribution is -0.137. The molecule has 0 atom stereocenters. The van der Waals surface area contributed by atoms with Crippen LogP contribution in [0.15, 0.2) is 24.3 Å². The number of nitrogens with zero attached hydrogens (tertiary/aromatic N) is 1. The lowest BCUT2D eigenvalue weighted by Gasteiger charge is -2.11. The third kappa shape index (κ3) is 6.03. The van der Waals surface area contributed by atoms with Gasteiger partial charge < -0.3 is 15.5 Å². The van der Waals surface area contributed by atoms with Crippen LogP contribution in [0.1, 0.15) is 5.56 Å². The van der Waals surface area contributed by atoms with E-state index in [9.17, 15) is 18.0 Å². The second kappa shape index (κ2) is 7.25. The average molecular weight is 289 g/mol. The zero-order chi connectivity index (χ0) is 15.2. The number of nitrogens with one attached hydrogen (secondary N) is 2. The highest BCUT2D eigenvalue weighted by Gasteiger charge is 2.29. The molecule has 0 fully saturated rings. The van der Waals surface area contributed by atoms with Gasteiger partial charge in [-0.3, -0.25) is 4.79 Å². The largest absolute Gasteiger partial charge is 0.416 e. The zero-order valence-corrected chi connectivity index (χ0v) is 11.4. The van der Waals surface area contributed by atoms with Crippen LogP contribution in [-0.2, 0) is 11.0 Å². The van der Waals surface area contributed by atoms with Crippen LogP contribution in [0.2, 0.25) is 0 Å². The van der Waals surface area contributed by atoms with Crippen LogP contribution >= 0.6 is 0 Å². The van der Waals surface area contributed by atoms with Crippen LogP contribution in [0.5, 0.6) is 0 Å². The highest BCUT2D eigenvalue weighted by atomic mass is 19.4. The summed E-state index contributed by atoms with van der Waals surface area (Å²) in [6, 6.07) is 4.35. The van der Waals surface area contributed by atoms with E-state index in [4.69, 9.17) is 0 Å². The van der Waals surface area contributed by atoms with Crippen LogP contribution in [0.3, 0.4) is 0 Å². The molecule has 0 heterocycles. The summed E-state index contributed by atoms with van der Waals surface area (Å²) in [6.07, 6.45) is -4.36. The van der Waals surface area contributed by atoms with Gasteiger partial charge in [0.05, 0.1) is 12.1 Å². The molecule has 0 aliphatic rings. The summed E-state index contributed by atoms with van der Waals surface area (Å²) >= 11 is 0. The van der Waals surface area contributed by atoms with E-state index in [1.165, 1.54) is 12.1 Å². The molecule has 7 heteroatoms. The number of carbonyl (C=O) groups is 1. The van der Waals surface area contributed by atoms with E-state index >= 15 is 0 Å². The molecule has 0 bridgehead atoms. The van der Waals surface area contributed by atoms with Crippen molar-refractivity contribution >= 4 is 11.6 Å². The number of carbonyl (C=O) groups excluding carboxylic acids is 1. The number of hydrogen-bond donors (Lipinski definition) is 2. The molecule has 0 saturated carbocycles. The Hall–Kier alpha value is -1.60. The monoisotopic (exact) mass is 289 g/mol. The molecule has 0 radical (unpaired) electrons. The molecule has 2 N–H and O–H groups in total. The standard InChI is InChI=1S/C13H18F3N3O/c1-19(2)8-7-17-9-12(20)18-11-5-3-10(4-6-11)13(14,15)16/h3-6,17H,7-9H2,1-2H3,(H,18,20). The second-order valence-corrected chi connectivity index (χ2v) is 4.60. The molecule has 0 saturated heterocycles. The molecule has 0 aliphatic carbocycles. The van der Waals surface area contributed by atoms with Gasteiger partial charge in [0, 0.05) is 18.8 Å². The predicted octanol–water partition coefficient (Wildman–Crippen LogP) is 1.80. The summed E-state index contributed by atoms with van der Waals surface area (Å²) in [5.74, 6) is -0.288. The van der Waals surface area contributed by atoms with Crippen LogP contribution in [0.4, 0.5) is 18.9 Å². The van der Waals surface area contributed by atoms with E-state index in [2.05, 4.69) is 10.6 Å². The number of hydrogen-bond acceptors (Lipinski definition) is 3. The summed E-state index contributed by atoms with van der Waals surface area (Å²) in [7, 11) is 3.84. The molecule has 4 nitrogen and oxygen atoms in total. The molecule has 0 spiro atoms. The maximum Gasteiger partial charge on any atom is 0.416 e. The minimum atomic E-state index is -4.36. The van der Waals surface area contributed by atoms with Gasteiger partial charge >= 0.3 is 6.18 Å². The van der Waals surface area contributed by atoms with E-state index in [-0.39, 0.29) is 12.5 Å². The second-order valence-electron chi connectivity index (χ2n) is 4.60. The first kappa shape index (κ1) is 16.5. The van der Waals surface area contributed by atoms with Gasteiger partial charge in [0.15, 0.2) is 0 Å². The molecular weight excluding hydrogens is 271 g/mol. The molecule has 1 amide bonds. The van der Waals surface area contributed by atoms with Crippen molar-refractivity contribution in [2.45, 2.75) is 6.18 Å². The number of anilines is 1. The van der Waals surface area contributed by atoms with E-state index in [0.717, 1.165) is 18.7 Å². The Labute approximate surface area is 116 Å². The fraction of sp³-hybridized carbons (Fsp3) is 0.462. The van der Waals surface area contributed by atoms with Gasteiger partial charge in [-0.05, 0) is 38.4 Å². The van der Waals surface area contributed by atoms with Gasteiger partial charge in [0.1, 0.15) is 0 Å². The Morgan fingerprint density at radius 1 is 1.20 bits per heavy atom. The highest BCUT2D eigenvalue weighted by molar-refractivity contribution is 5.92. The number of benzene rings is 1. The van der Waals surface area contributed by atoms with Crippen molar-refractivity contribution in [3.05, 3.63) is 29.8 Å². The van der Waals surface area contributed by atoms with Gasteiger partial charge in [-0.2, -0.15) is 13.2 Å². The molecule has 1 rings (SSSR count). The van der Waals surface area contributed by atoms with Crippen LogP contribution in [-0.4, -0.2) is 44.5 Å². The van der Waals surface area contributed by atoms with Crippen molar-refractivity contribution in [3.8, 4) is 0 Å². The Bertz CT molecular complexity index is 429. The maximum atomic E-state index is 12.4.